The fourth-order valence-electron chi connectivity index (χ4n) is 1.85. The third-order valence-electron chi connectivity index (χ3n) is 2.80. The van der Waals surface area contributed by atoms with Crippen molar-refractivity contribution in [3.63, 3.8) is 0 Å². The van der Waals surface area contributed by atoms with Crippen LogP contribution in [0, 0.1) is 5.92 Å². The molecule has 0 aliphatic heterocycles. The van der Waals surface area contributed by atoms with Gasteiger partial charge in [0.2, 0.25) is 0 Å². The normalized spacial score (nSPS) is 25.1. The van der Waals surface area contributed by atoms with Crippen molar-refractivity contribution in [2.24, 2.45) is 5.92 Å². The first-order chi connectivity index (χ1) is 6.88. The van der Waals surface area contributed by atoms with Gasteiger partial charge >= 0.3 is 0 Å². The standard InChI is InChI=1S/C11H9NOS/c13-5-8-3-9(8)7-1-2-10-11(4-7)14-6-12-10/h1-2,4-6,8-9H,3H2. The zero-order valence-corrected chi connectivity index (χ0v) is 8.33. The number of benzene rings is 1. The lowest BCUT2D eigenvalue weighted by molar-refractivity contribution is -0.108. The molecule has 2 nitrogen and oxygen atoms in total. The Labute approximate surface area is 85.6 Å². The van der Waals surface area contributed by atoms with Crippen molar-refractivity contribution in [1.82, 2.24) is 4.98 Å². The van der Waals surface area contributed by atoms with E-state index in [1.54, 1.807) is 11.3 Å². The smallest absolute Gasteiger partial charge is 0.123 e. The molecule has 2 unspecified atom stereocenters. The van der Waals surface area contributed by atoms with Crippen molar-refractivity contribution in [2.75, 3.05) is 0 Å². The Balaban J connectivity index is 2.02. The van der Waals surface area contributed by atoms with Gasteiger partial charge in [-0.25, -0.2) is 4.98 Å². The van der Waals surface area contributed by atoms with Crippen LogP contribution in [0.4, 0.5) is 0 Å². The molecule has 1 aromatic carbocycles. The summed E-state index contributed by atoms with van der Waals surface area (Å²) < 4.78 is 1.22. The Morgan fingerprint density at radius 3 is 3.21 bits per heavy atom. The molecule has 2 aromatic rings. The van der Waals surface area contributed by atoms with E-state index in [2.05, 4.69) is 17.1 Å². The maximum atomic E-state index is 10.6. The van der Waals surface area contributed by atoms with Crippen molar-refractivity contribution in [2.45, 2.75) is 12.3 Å². The molecule has 0 N–H and O–H groups in total. The molecular weight excluding hydrogens is 194 g/mol. The molecule has 0 spiro atoms. The van der Waals surface area contributed by atoms with E-state index in [9.17, 15) is 4.79 Å². The largest absolute Gasteiger partial charge is 0.303 e. The average molecular weight is 203 g/mol. The molecule has 1 fully saturated rings. The number of fused-ring (bicyclic) bond motifs is 1. The number of carbonyl (C=O) groups excluding carboxylic acids is 1. The minimum absolute atomic E-state index is 0.264. The van der Waals surface area contributed by atoms with Crippen molar-refractivity contribution < 1.29 is 4.79 Å². The van der Waals surface area contributed by atoms with Crippen molar-refractivity contribution in [3.05, 3.63) is 29.3 Å². The van der Waals surface area contributed by atoms with E-state index < -0.39 is 0 Å². The minimum atomic E-state index is 0.264. The highest BCUT2D eigenvalue weighted by molar-refractivity contribution is 7.16. The van der Waals surface area contributed by atoms with Crippen LogP contribution in [0.3, 0.4) is 0 Å². The molecule has 3 heteroatoms. The van der Waals surface area contributed by atoms with Crippen LogP contribution in [0.5, 0.6) is 0 Å². The summed E-state index contributed by atoms with van der Waals surface area (Å²) in [5, 5.41) is 0. The van der Waals surface area contributed by atoms with E-state index in [1.807, 2.05) is 11.6 Å². The Morgan fingerprint density at radius 1 is 1.50 bits per heavy atom. The summed E-state index contributed by atoms with van der Waals surface area (Å²) in [6.07, 6.45) is 2.09. The third-order valence-corrected chi connectivity index (χ3v) is 3.59. The van der Waals surface area contributed by atoms with Gasteiger partial charge < -0.3 is 4.79 Å². The van der Waals surface area contributed by atoms with Crippen LogP contribution < -0.4 is 0 Å². The number of aromatic nitrogens is 1. The maximum absolute atomic E-state index is 10.6. The molecule has 0 bridgehead atoms. The van der Waals surface area contributed by atoms with Gasteiger partial charge in [0.15, 0.2) is 0 Å². The molecule has 70 valence electrons. The number of rotatable bonds is 2. The molecule has 14 heavy (non-hydrogen) atoms. The van der Waals surface area contributed by atoms with Gasteiger partial charge in [-0.3, -0.25) is 0 Å². The summed E-state index contributed by atoms with van der Waals surface area (Å²) in [7, 11) is 0. The van der Waals surface area contributed by atoms with Gasteiger partial charge in [-0.15, -0.1) is 11.3 Å². The van der Waals surface area contributed by atoms with E-state index in [0.717, 1.165) is 18.2 Å². The predicted molar refractivity (Wildman–Crippen MR) is 56.5 cm³/mol. The van der Waals surface area contributed by atoms with Gasteiger partial charge in [0.25, 0.3) is 0 Å². The second kappa shape index (κ2) is 2.89. The molecule has 2 atom stereocenters. The lowest BCUT2D eigenvalue weighted by atomic mass is 10.1. The zero-order valence-electron chi connectivity index (χ0n) is 7.51. The number of thiazole rings is 1. The number of aldehydes is 1. The molecule has 1 heterocycles. The summed E-state index contributed by atoms with van der Waals surface area (Å²) in [4.78, 5) is 14.8. The number of hydrogen-bond donors (Lipinski definition) is 0. The molecule has 1 aromatic heterocycles. The minimum Gasteiger partial charge on any atom is -0.303 e. The number of nitrogens with zero attached hydrogens (tertiary/aromatic N) is 1. The van der Waals surface area contributed by atoms with Gasteiger partial charge in [-0.05, 0) is 30.0 Å². The zero-order chi connectivity index (χ0) is 9.54. The van der Waals surface area contributed by atoms with Crippen molar-refractivity contribution in [1.29, 1.82) is 0 Å². The summed E-state index contributed by atoms with van der Waals surface area (Å²) in [6, 6.07) is 6.30. The van der Waals surface area contributed by atoms with Crippen LogP contribution in [0.1, 0.15) is 17.9 Å². The quantitative estimate of drug-likeness (QED) is 0.702. The summed E-state index contributed by atoms with van der Waals surface area (Å²) in [5.74, 6) is 0.736. The Kier molecular flexibility index (Phi) is 1.67. The second-order valence-electron chi connectivity index (χ2n) is 3.72. The second-order valence-corrected chi connectivity index (χ2v) is 4.61. The lowest BCUT2D eigenvalue weighted by Crippen LogP contribution is -1.83. The third kappa shape index (κ3) is 1.16. The van der Waals surface area contributed by atoms with Crippen LogP contribution in [0.25, 0.3) is 10.2 Å². The van der Waals surface area contributed by atoms with Gasteiger partial charge in [0.05, 0.1) is 15.7 Å². The first-order valence-corrected chi connectivity index (χ1v) is 5.55. The Bertz CT molecular complexity index is 491. The number of hydrogen-bond acceptors (Lipinski definition) is 3. The van der Waals surface area contributed by atoms with Crippen LogP contribution >= 0.6 is 11.3 Å². The van der Waals surface area contributed by atoms with Crippen LogP contribution in [0.15, 0.2) is 23.7 Å². The highest BCUT2D eigenvalue weighted by Gasteiger charge is 2.37. The van der Waals surface area contributed by atoms with Gasteiger partial charge in [-0.2, -0.15) is 0 Å². The Hall–Kier alpha value is -1.22. The monoisotopic (exact) mass is 203 g/mol. The van der Waals surface area contributed by atoms with Gasteiger partial charge in [0.1, 0.15) is 6.29 Å². The van der Waals surface area contributed by atoms with Crippen molar-refractivity contribution >= 4 is 27.8 Å². The van der Waals surface area contributed by atoms with Gasteiger partial charge in [0, 0.05) is 5.92 Å². The van der Waals surface area contributed by atoms with E-state index >= 15 is 0 Å². The van der Waals surface area contributed by atoms with E-state index in [0.29, 0.717) is 5.92 Å². The predicted octanol–water partition coefficient (Wildman–Crippen LogP) is 2.60. The molecule has 0 saturated heterocycles. The van der Waals surface area contributed by atoms with Crippen LogP contribution in [-0.4, -0.2) is 11.3 Å². The van der Waals surface area contributed by atoms with E-state index in [4.69, 9.17) is 0 Å². The van der Waals surface area contributed by atoms with Crippen LogP contribution in [-0.2, 0) is 4.79 Å². The molecule has 0 amide bonds. The first kappa shape index (κ1) is 8.12. The SMILES string of the molecule is O=CC1CC1c1ccc2ncsc2c1. The molecule has 1 saturated carbocycles. The van der Waals surface area contributed by atoms with Crippen molar-refractivity contribution in [3.8, 4) is 0 Å². The molecule has 1 aliphatic rings. The fourth-order valence-corrected chi connectivity index (χ4v) is 2.58. The van der Waals surface area contributed by atoms with E-state index in [1.165, 1.54) is 10.3 Å². The summed E-state index contributed by atoms with van der Waals surface area (Å²) >= 11 is 1.66. The molecule has 0 radical (unpaired) electrons. The Morgan fingerprint density at radius 2 is 2.43 bits per heavy atom. The highest BCUT2D eigenvalue weighted by atomic mass is 32.1. The fraction of sp³-hybridized carbons (Fsp3) is 0.273. The number of carbonyl (C=O) groups is 1. The summed E-state index contributed by atoms with van der Waals surface area (Å²) in [6.45, 7) is 0. The maximum Gasteiger partial charge on any atom is 0.123 e. The average Bonchev–Trinajstić information content (AvgIpc) is 2.87. The topological polar surface area (TPSA) is 30.0 Å². The molecule has 3 rings (SSSR count). The van der Waals surface area contributed by atoms with Gasteiger partial charge in [-0.1, -0.05) is 6.07 Å². The van der Waals surface area contributed by atoms with Crippen LogP contribution in [0.2, 0.25) is 0 Å². The molecule has 1 aliphatic carbocycles. The van der Waals surface area contributed by atoms with E-state index in [-0.39, 0.29) is 5.92 Å². The lowest BCUT2D eigenvalue weighted by Gasteiger charge is -1.96. The molecular formula is C11H9NOS. The summed E-state index contributed by atoms with van der Waals surface area (Å²) in [5.41, 5.74) is 4.21. The highest BCUT2D eigenvalue weighted by Crippen LogP contribution is 2.46. The first-order valence-electron chi connectivity index (χ1n) is 4.67.